The smallest absolute Gasteiger partial charge is 0.0512 e. The summed E-state index contributed by atoms with van der Waals surface area (Å²) in [6, 6.07) is 0. The Bertz CT molecular complexity index is 145. The number of likely N-dealkylation sites (tertiary alicyclic amines) is 1. The number of hydrogen-bond acceptors (Lipinski definition) is 2. The van der Waals surface area contributed by atoms with Crippen LogP contribution in [0.15, 0.2) is 0 Å². The second-order valence-corrected chi connectivity index (χ2v) is 4.74. The van der Waals surface area contributed by atoms with Gasteiger partial charge in [-0.3, -0.25) is 0 Å². The van der Waals surface area contributed by atoms with E-state index in [2.05, 4.69) is 11.8 Å². The largest absolute Gasteiger partial charge is 0.393 e. The summed E-state index contributed by atoms with van der Waals surface area (Å²) in [5.74, 6) is 0.838. The maximum absolute atomic E-state index is 9.24. The average molecular weight is 199 g/mol. The third-order valence-corrected chi connectivity index (χ3v) is 3.14. The zero-order valence-corrected chi connectivity index (χ0v) is 9.71. The summed E-state index contributed by atoms with van der Waals surface area (Å²) < 4.78 is 0. The van der Waals surface area contributed by atoms with Gasteiger partial charge in [-0.05, 0) is 58.0 Å². The van der Waals surface area contributed by atoms with Crippen LogP contribution in [0.2, 0.25) is 0 Å². The van der Waals surface area contributed by atoms with E-state index >= 15 is 0 Å². The summed E-state index contributed by atoms with van der Waals surface area (Å²) in [5, 5.41) is 9.24. The molecule has 0 bridgehead atoms. The highest BCUT2D eigenvalue weighted by Crippen LogP contribution is 2.21. The molecule has 0 radical (unpaired) electrons. The Kier molecular flexibility index (Phi) is 5.49. The molecule has 0 spiro atoms. The highest BCUT2D eigenvalue weighted by Gasteiger charge is 2.19. The van der Waals surface area contributed by atoms with E-state index in [-0.39, 0.29) is 6.10 Å². The third kappa shape index (κ3) is 4.43. The van der Waals surface area contributed by atoms with Crippen molar-refractivity contribution < 1.29 is 5.11 Å². The van der Waals surface area contributed by atoms with Crippen LogP contribution in [0.3, 0.4) is 0 Å². The van der Waals surface area contributed by atoms with Crippen LogP contribution in [0.25, 0.3) is 0 Å². The fourth-order valence-electron chi connectivity index (χ4n) is 2.38. The number of piperidine rings is 1. The average Bonchev–Trinajstić information content (AvgIpc) is 2.16. The molecule has 1 rings (SSSR count). The molecule has 84 valence electrons. The number of hydrogen-bond donors (Lipinski definition) is 1. The second-order valence-electron chi connectivity index (χ2n) is 4.74. The minimum Gasteiger partial charge on any atom is -0.393 e. The molecule has 1 aliphatic rings. The quantitative estimate of drug-likeness (QED) is 0.734. The van der Waals surface area contributed by atoms with E-state index in [0.29, 0.717) is 0 Å². The first-order chi connectivity index (χ1) is 6.72. The van der Waals surface area contributed by atoms with Gasteiger partial charge in [-0.1, -0.05) is 6.92 Å². The van der Waals surface area contributed by atoms with Crippen LogP contribution in [0, 0.1) is 5.92 Å². The molecular weight excluding hydrogens is 174 g/mol. The molecule has 0 saturated carbocycles. The lowest BCUT2D eigenvalue weighted by atomic mass is 9.92. The molecule has 0 amide bonds. The first-order valence-corrected chi connectivity index (χ1v) is 6.12. The molecule has 1 saturated heterocycles. The lowest BCUT2D eigenvalue weighted by molar-refractivity contribution is 0.137. The van der Waals surface area contributed by atoms with Gasteiger partial charge in [0.25, 0.3) is 0 Å². The molecule has 0 aromatic carbocycles. The monoisotopic (exact) mass is 199 g/mol. The molecule has 1 N–H and O–H groups in total. The lowest BCUT2D eigenvalue weighted by Crippen LogP contribution is -2.36. The van der Waals surface area contributed by atoms with Crippen LogP contribution in [-0.4, -0.2) is 35.7 Å². The Hall–Kier alpha value is -0.0800. The van der Waals surface area contributed by atoms with E-state index < -0.39 is 0 Å². The summed E-state index contributed by atoms with van der Waals surface area (Å²) in [7, 11) is 0. The van der Waals surface area contributed by atoms with E-state index in [4.69, 9.17) is 0 Å². The summed E-state index contributed by atoms with van der Waals surface area (Å²) in [6.07, 6.45) is 6.06. The Morgan fingerprint density at radius 2 is 2.29 bits per heavy atom. The van der Waals surface area contributed by atoms with Crippen molar-refractivity contribution in [2.75, 3.05) is 19.6 Å². The van der Waals surface area contributed by atoms with Gasteiger partial charge in [0.05, 0.1) is 6.10 Å². The molecule has 1 aliphatic heterocycles. The van der Waals surface area contributed by atoms with Crippen LogP contribution in [0.1, 0.15) is 46.0 Å². The van der Waals surface area contributed by atoms with E-state index in [1.807, 2.05) is 6.92 Å². The van der Waals surface area contributed by atoms with Crippen molar-refractivity contribution >= 4 is 0 Å². The van der Waals surface area contributed by atoms with Crippen molar-refractivity contribution in [3.8, 4) is 0 Å². The molecule has 14 heavy (non-hydrogen) atoms. The molecular formula is C12H25NO. The Morgan fingerprint density at radius 3 is 2.93 bits per heavy atom. The first-order valence-electron chi connectivity index (χ1n) is 6.12. The molecule has 2 heteroatoms. The zero-order chi connectivity index (χ0) is 10.4. The van der Waals surface area contributed by atoms with Gasteiger partial charge in [-0.2, -0.15) is 0 Å². The predicted octanol–water partition coefficient (Wildman–Crippen LogP) is 2.27. The van der Waals surface area contributed by atoms with Crippen LogP contribution >= 0.6 is 0 Å². The fourth-order valence-corrected chi connectivity index (χ4v) is 2.38. The fraction of sp³-hybridized carbons (Fsp3) is 1.00. The summed E-state index contributed by atoms with van der Waals surface area (Å²) in [6.45, 7) is 7.96. The molecule has 1 heterocycles. The third-order valence-electron chi connectivity index (χ3n) is 3.14. The summed E-state index contributed by atoms with van der Waals surface area (Å²) in [4.78, 5) is 2.58. The van der Waals surface area contributed by atoms with Crippen LogP contribution < -0.4 is 0 Å². The van der Waals surface area contributed by atoms with Gasteiger partial charge >= 0.3 is 0 Å². The van der Waals surface area contributed by atoms with E-state index in [0.717, 1.165) is 12.3 Å². The molecule has 1 fully saturated rings. The molecule has 0 aliphatic carbocycles. The highest BCUT2D eigenvalue weighted by molar-refractivity contribution is 4.73. The van der Waals surface area contributed by atoms with Crippen molar-refractivity contribution in [2.45, 2.75) is 52.1 Å². The van der Waals surface area contributed by atoms with Gasteiger partial charge in [0.1, 0.15) is 0 Å². The van der Waals surface area contributed by atoms with Crippen molar-refractivity contribution in [3.63, 3.8) is 0 Å². The first kappa shape index (κ1) is 12.0. The molecule has 2 atom stereocenters. The highest BCUT2D eigenvalue weighted by atomic mass is 16.3. The topological polar surface area (TPSA) is 23.5 Å². The van der Waals surface area contributed by atoms with Gasteiger partial charge in [-0.25, -0.2) is 0 Å². The van der Waals surface area contributed by atoms with Crippen LogP contribution in [0.4, 0.5) is 0 Å². The molecule has 2 unspecified atom stereocenters. The Morgan fingerprint density at radius 1 is 1.50 bits per heavy atom. The standard InChI is InChI=1S/C12H25NO/c1-3-8-13-9-4-5-12(10-13)7-6-11(2)14/h11-12,14H,3-10H2,1-2H3. The number of aliphatic hydroxyl groups excluding tert-OH is 1. The second kappa shape index (κ2) is 6.41. The number of aliphatic hydroxyl groups is 1. The van der Waals surface area contributed by atoms with Crippen molar-refractivity contribution in [1.82, 2.24) is 4.90 Å². The number of nitrogens with zero attached hydrogens (tertiary/aromatic N) is 1. The summed E-state index contributed by atoms with van der Waals surface area (Å²) in [5.41, 5.74) is 0. The Balaban J connectivity index is 2.18. The molecule has 2 nitrogen and oxygen atoms in total. The predicted molar refractivity (Wildman–Crippen MR) is 60.4 cm³/mol. The van der Waals surface area contributed by atoms with Gasteiger partial charge in [0.2, 0.25) is 0 Å². The maximum Gasteiger partial charge on any atom is 0.0512 e. The van der Waals surface area contributed by atoms with Gasteiger partial charge in [0, 0.05) is 6.54 Å². The Labute approximate surface area is 88.3 Å². The van der Waals surface area contributed by atoms with Crippen molar-refractivity contribution in [3.05, 3.63) is 0 Å². The minimum absolute atomic E-state index is 0.114. The van der Waals surface area contributed by atoms with Gasteiger partial charge in [-0.15, -0.1) is 0 Å². The normalized spacial score (nSPS) is 26.4. The maximum atomic E-state index is 9.24. The SMILES string of the molecule is CCCN1CCCC(CCC(C)O)C1. The summed E-state index contributed by atoms with van der Waals surface area (Å²) >= 11 is 0. The van der Waals surface area contributed by atoms with Crippen LogP contribution in [0.5, 0.6) is 0 Å². The van der Waals surface area contributed by atoms with E-state index in [1.54, 1.807) is 0 Å². The van der Waals surface area contributed by atoms with Crippen molar-refractivity contribution in [2.24, 2.45) is 5.92 Å². The zero-order valence-electron chi connectivity index (χ0n) is 9.71. The van der Waals surface area contributed by atoms with E-state index in [9.17, 15) is 5.11 Å². The molecule has 0 aromatic rings. The van der Waals surface area contributed by atoms with Crippen LogP contribution in [-0.2, 0) is 0 Å². The molecule has 0 aromatic heterocycles. The van der Waals surface area contributed by atoms with Gasteiger partial charge < -0.3 is 10.0 Å². The van der Waals surface area contributed by atoms with Crippen molar-refractivity contribution in [1.29, 1.82) is 0 Å². The number of rotatable bonds is 5. The van der Waals surface area contributed by atoms with Gasteiger partial charge in [0.15, 0.2) is 0 Å². The minimum atomic E-state index is -0.114. The lowest BCUT2D eigenvalue weighted by Gasteiger charge is -2.32. The van der Waals surface area contributed by atoms with E-state index in [1.165, 1.54) is 45.3 Å².